The highest BCUT2D eigenvalue weighted by Crippen LogP contribution is 2.07. The minimum absolute atomic E-state index is 0.134. The monoisotopic (exact) mass is 243 g/mol. The lowest BCUT2D eigenvalue weighted by molar-refractivity contribution is -0.145. The van der Waals surface area contributed by atoms with Crippen LogP contribution in [0.15, 0.2) is 0 Å². The van der Waals surface area contributed by atoms with Crippen LogP contribution in [-0.2, 0) is 14.4 Å². The molecule has 5 heteroatoms. The first-order valence-corrected chi connectivity index (χ1v) is 5.87. The van der Waals surface area contributed by atoms with Crippen molar-refractivity contribution in [3.05, 3.63) is 0 Å². The Morgan fingerprint density at radius 1 is 1.18 bits per heavy atom. The lowest BCUT2D eigenvalue weighted by atomic mass is 10.0. The third-order valence-corrected chi connectivity index (χ3v) is 2.59. The number of hydrogen-bond acceptors (Lipinski definition) is 3. The smallest absolute Gasteiger partial charge is 0.326 e. The number of carbonyl (C=O) groups is 3. The molecule has 0 heterocycles. The van der Waals surface area contributed by atoms with Gasteiger partial charge in [0.15, 0.2) is 0 Å². The summed E-state index contributed by atoms with van der Waals surface area (Å²) >= 11 is 0. The summed E-state index contributed by atoms with van der Waals surface area (Å²) in [6.45, 7) is 7.18. The zero-order chi connectivity index (χ0) is 13.6. The number of aliphatic carboxylic acids is 1. The molecule has 2 N–H and O–H groups in total. The van der Waals surface area contributed by atoms with E-state index in [9.17, 15) is 14.4 Å². The van der Waals surface area contributed by atoms with E-state index in [4.69, 9.17) is 5.11 Å². The number of amides is 1. The first-order valence-electron chi connectivity index (χ1n) is 5.87. The summed E-state index contributed by atoms with van der Waals surface area (Å²) in [6.07, 6.45) is 0.878. The van der Waals surface area contributed by atoms with Crippen molar-refractivity contribution < 1.29 is 19.5 Å². The average Bonchev–Trinajstić information content (AvgIpc) is 2.25. The fraction of sp³-hybridized carbons (Fsp3) is 0.750. The van der Waals surface area contributed by atoms with Crippen LogP contribution in [0.25, 0.3) is 0 Å². The van der Waals surface area contributed by atoms with Crippen LogP contribution in [0.5, 0.6) is 0 Å². The van der Waals surface area contributed by atoms with Crippen LogP contribution in [0.2, 0.25) is 0 Å². The summed E-state index contributed by atoms with van der Waals surface area (Å²) in [4.78, 5) is 33.9. The molecule has 2 atom stereocenters. The summed E-state index contributed by atoms with van der Waals surface area (Å²) in [5, 5.41) is 11.2. The number of rotatable bonds is 7. The van der Waals surface area contributed by atoms with Gasteiger partial charge in [0.05, 0.1) is 0 Å². The van der Waals surface area contributed by atoms with Crippen molar-refractivity contribution in [2.45, 2.75) is 46.6 Å². The van der Waals surface area contributed by atoms with Crippen LogP contribution >= 0.6 is 0 Å². The zero-order valence-corrected chi connectivity index (χ0v) is 10.8. The Bertz CT molecular complexity index is 299. The number of hydrogen-bond donors (Lipinski definition) is 2. The van der Waals surface area contributed by atoms with Crippen LogP contribution in [-0.4, -0.2) is 28.8 Å². The minimum Gasteiger partial charge on any atom is -0.480 e. The number of nitrogens with one attached hydrogen (secondary N) is 1. The molecule has 0 aliphatic heterocycles. The third-order valence-electron chi connectivity index (χ3n) is 2.59. The number of carboxylic acids is 1. The lowest BCUT2D eigenvalue weighted by Crippen LogP contribution is -2.45. The number of carboxylic acid groups (broad SMARTS) is 1. The molecule has 0 saturated carbocycles. The van der Waals surface area contributed by atoms with E-state index in [2.05, 4.69) is 5.32 Å². The van der Waals surface area contributed by atoms with E-state index in [1.54, 1.807) is 13.8 Å². The molecule has 0 fully saturated rings. The summed E-state index contributed by atoms with van der Waals surface area (Å²) in [7, 11) is 0. The van der Waals surface area contributed by atoms with E-state index < -0.39 is 23.7 Å². The van der Waals surface area contributed by atoms with Gasteiger partial charge in [-0.1, -0.05) is 27.7 Å². The SMILES string of the molecule is CC[C@H](C)C(=O)C(=O)N[C@@H](CC(C)C)C(=O)O. The molecule has 0 radical (unpaired) electrons. The van der Waals surface area contributed by atoms with Gasteiger partial charge in [-0.25, -0.2) is 4.79 Å². The van der Waals surface area contributed by atoms with Crippen molar-refractivity contribution in [1.82, 2.24) is 5.32 Å². The first kappa shape index (κ1) is 15.6. The van der Waals surface area contributed by atoms with Crippen LogP contribution in [0, 0.1) is 11.8 Å². The molecule has 0 aromatic heterocycles. The molecule has 0 aliphatic rings. The Morgan fingerprint density at radius 2 is 1.71 bits per heavy atom. The molecule has 0 unspecified atom stereocenters. The van der Waals surface area contributed by atoms with Gasteiger partial charge in [0.2, 0.25) is 5.78 Å². The average molecular weight is 243 g/mol. The Kier molecular flexibility index (Phi) is 6.46. The van der Waals surface area contributed by atoms with Crippen molar-refractivity contribution in [2.75, 3.05) is 0 Å². The second kappa shape index (κ2) is 7.04. The highest BCUT2D eigenvalue weighted by atomic mass is 16.4. The van der Waals surface area contributed by atoms with Crippen molar-refractivity contribution in [1.29, 1.82) is 0 Å². The molecule has 5 nitrogen and oxygen atoms in total. The summed E-state index contributed by atoms with van der Waals surface area (Å²) in [6, 6.07) is -0.990. The predicted octanol–water partition coefficient (Wildman–Crippen LogP) is 1.22. The lowest BCUT2D eigenvalue weighted by Gasteiger charge is -2.16. The van der Waals surface area contributed by atoms with E-state index in [1.165, 1.54) is 0 Å². The first-order chi connectivity index (χ1) is 7.79. The Balaban J connectivity index is 4.51. The van der Waals surface area contributed by atoms with Gasteiger partial charge in [-0.2, -0.15) is 0 Å². The van der Waals surface area contributed by atoms with Crippen molar-refractivity contribution in [3.8, 4) is 0 Å². The molecule has 0 aromatic rings. The van der Waals surface area contributed by atoms with Gasteiger partial charge in [-0.15, -0.1) is 0 Å². The van der Waals surface area contributed by atoms with Crippen molar-refractivity contribution in [3.63, 3.8) is 0 Å². The molecule has 0 aromatic carbocycles. The van der Waals surface area contributed by atoms with Crippen LogP contribution in [0.1, 0.15) is 40.5 Å². The molecule has 0 rings (SSSR count). The Hall–Kier alpha value is -1.39. The fourth-order valence-corrected chi connectivity index (χ4v) is 1.33. The van der Waals surface area contributed by atoms with E-state index >= 15 is 0 Å². The minimum atomic E-state index is -1.11. The van der Waals surface area contributed by atoms with Crippen molar-refractivity contribution in [2.24, 2.45) is 11.8 Å². The van der Waals surface area contributed by atoms with Crippen molar-refractivity contribution >= 4 is 17.7 Å². The normalized spacial score (nSPS) is 14.2. The summed E-state index contributed by atoms with van der Waals surface area (Å²) in [5.41, 5.74) is 0. The molecule has 1 amide bonds. The van der Waals surface area contributed by atoms with E-state index in [0.717, 1.165) is 0 Å². The highest BCUT2D eigenvalue weighted by molar-refractivity contribution is 6.37. The maximum atomic E-state index is 11.5. The molecule has 0 bridgehead atoms. The molecule has 0 saturated heterocycles. The van der Waals surface area contributed by atoms with Gasteiger partial charge in [0.25, 0.3) is 5.91 Å². The molecule has 0 spiro atoms. The summed E-state index contributed by atoms with van der Waals surface area (Å²) < 4.78 is 0. The molecule has 98 valence electrons. The van der Waals surface area contributed by atoms with Crippen LogP contribution in [0.3, 0.4) is 0 Å². The third kappa shape index (κ3) is 5.47. The van der Waals surface area contributed by atoms with Crippen LogP contribution in [0.4, 0.5) is 0 Å². The van der Waals surface area contributed by atoms with E-state index in [1.807, 2.05) is 13.8 Å². The molecule has 17 heavy (non-hydrogen) atoms. The number of ketones is 1. The second-order valence-electron chi connectivity index (χ2n) is 4.67. The quantitative estimate of drug-likeness (QED) is 0.658. The second-order valence-corrected chi connectivity index (χ2v) is 4.67. The number of Topliss-reactive ketones (excluding diaryl/α,β-unsaturated/α-hetero) is 1. The van der Waals surface area contributed by atoms with E-state index in [0.29, 0.717) is 12.8 Å². The molecule has 0 aliphatic carbocycles. The standard InChI is InChI=1S/C12H21NO4/c1-5-8(4)10(14)11(15)13-9(12(16)17)6-7(2)3/h7-9H,5-6H2,1-4H3,(H,13,15)(H,16,17)/t8-,9-/m0/s1. The maximum Gasteiger partial charge on any atom is 0.326 e. The van der Waals surface area contributed by atoms with Crippen LogP contribution < -0.4 is 5.32 Å². The highest BCUT2D eigenvalue weighted by Gasteiger charge is 2.26. The Labute approximate surface area is 102 Å². The zero-order valence-electron chi connectivity index (χ0n) is 10.8. The predicted molar refractivity (Wildman–Crippen MR) is 63.5 cm³/mol. The largest absolute Gasteiger partial charge is 0.480 e. The van der Waals surface area contributed by atoms with E-state index in [-0.39, 0.29) is 11.8 Å². The topological polar surface area (TPSA) is 83.5 Å². The summed E-state index contributed by atoms with van der Waals surface area (Å²) in [5.74, 6) is -2.70. The Morgan fingerprint density at radius 3 is 2.06 bits per heavy atom. The fourth-order valence-electron chi connectivity index (χ4n) is 1.33. The van der Waals surface area contributed by atoms with Gasteiger partial charge in [0, 0.05) is 5.92 Å². The maximum absolute atomic E-state index is 11.5. The van der Waals surface area contributed by atoms with Gasteiger partial charge in [0.1, 0.15) is 6.04 Å². The molecular formula is C12H21NO4. The number of carbonyl (C=O) groups excluding carboxylic acids is 2. The van der Waals surface area contributed by atoms with Gasteiger partial charge < -0.3 is 10.4 Å². The van der Waals surface area contributed by atoms with Gasteiger partial charge in [-0.05, 0) is 18.8 Å². The van der Waals surface area contributed by atoms with Gasteiger partial charge >= 0.3 is 5.97 Å². The van der Waals surface area contributed by atoms with Gasteiger partial charge in [-0.3, -0.25) is 9.59 Å². The molecular weight excluding hydrogens is 222 g/mol.